The highest BCUT2D eigenvalue weighted by Gasteiger charge is 2.59. The molecule has 3 saturated carbocycles. The molecule has 0 bridgehead atoms. The number of hydrogen-bond acceptors (Lipinski definition) is 2. The van der Waals surface area contributed by atoms with E-state index >= 15 is 0 Å². The van der Waals surface area contributed by atoms with E-state index in [1.54, 1.807) is 12.5 Å². The second-order valence-electron chi connectivity index (χ2n) is 13.2. The molecule has 0 N–H and O–H groups in total. The highest BCUT2D eigenvalue weighted by atomic mass is 16.5. The van der Waals surface area contributed by atoms with Crippen molar-refractivity contribution in [2.24, 2.45) is 52.3 Å². The zero-order valence-corrected chi connectivity index (χ0v) is 22.6. The first-order valence-electron chi connectivity index (χ1n) is 14.0. The van der Waals surface area contributed by atoms with Crippen molar-refractivity contribution in [1.29, 1.82) is 0 Å². The Bertz CT molecular complexity index is 793. The smallest absolute Gasteiger partial charge is 0.302 e. The van der Waals surface area contributed by atoms with Crippen molar-refractivity contribution < 1.29 is 9.53 Å². The van der Waals surface area contributed by atoms with Crippen molar-refractivity contribution in [2.75, 3.05) is 0 Å². The number of rotatable bonds is 6. The van der Waals surface area contributed by atoms with Crippen LogP contribution in [0.5, 0.6) is 0 Å². The van der Waals surface area contributed by atoms with Crippen LogP contribution in [0.3, 0.4) is 0 Å². The summed E-state index contributed by atoms with van der Waals surface area (Å²) < 4.78 is 5.75. The van der Waals surface area contributed by atoms with E-state index in [2.05, 4.69) is 54.2 Å². The molecular weight excluding hydrogens is 404 g/mol. The molecule has 0 radical (unpaired) electrons. The molecule has 3 fully saturated rings. The highest BCUT2D eigenvalue weighted by Crippen LogP contribution is 2.67. The van der Waals surface area contributed by atoms with Crippen LogP contribution in [-0.4, -0.2) is 12.1 Å². The van der Waals surface area contributed by atoms with Crippen LogP contribution in [0, 0.1) is 52.3 Å². The molecule has 4 aliphatic carbocycles. The lowest BCUT2D eigenvalue weighted by molar-refractivity contribution is -0.156. The molecule has 0 aromatic rings. The fourth-order valence-electron chi connectivity index (χ4n) is 9.21. The minimum absolute atomic E-state index is 0.111. The molecule has 4 rings (SSSR count). The van der Waals surface area contributed by atoms with Gasteiger partial charge in [0.2, 0.25) is 0 Å². The van der Waals surface area contributed by atoms with E-state index in [1.807, 2.05) is 0 Å². The van der Waals surface area contributed by atoms with Crippen LogP contribution in [0.25, 0.3) is 0 Å². The fourth-order valence-corrected chi connectivity index (χ4v) is 9.21. The Balaban J connectivity index is 1.51. The number of ether oxygens (including phenoxy) is 1. The van der Waals surface area contributed by atoms with E-state index in [9.17, 15) is 4.79 Å². The fraction of sp³-hybridized carbons (Fsp3) is 0.839. The number of carbonyl (C=O) groups is 1. The Morgan fingerprint density at radius 1 is 1.12 bits per heavy atom. The lowest BCUT2D eigenvalue weighted by atomic mass is 9.47. The third-order valence-electron chi connectivity index (χ3n) is 11.3. The summed E-state index contributed by atoms with van der Waals surface area (Å²) in [6.45, 7) is 20.6. The topological polar surface area (TPSA) is 26.3 Å². The molecule has 0 heterocycles. The lowest BCUT2D eigenvalue weighted by Crippen LogP contribution is -2.52. The summed E-state index contributed by atoms with van der Waals surface area (Å²) in [5, 5.41) is 0. The van der Waals surface area contributed by atoms with Gasteiger partial charge in [-0.2, -0.15) is 0 Å². The molecule has 33 heavy (non-hydrogen) atoms. The van der Waals surface area contributed by atoms with Crippen LogP contribution >= 0.6 is 0 Å². The molecular formula is C31H50O2. The maximum Gasteiger partial charge on any atom is 0.302 e. The molecule has 0 saturated heterocycles. The summed E-state index contributed by atoms with van der Waals surface area (Å²) in [6.07, 6.45) is 14.3. The standard InChI is InChI=1S/C31H50O2/c1-19(2)20(3)9-10-21(4)25-13-14-27-24-11-12-26-22(5)29(33-23(6)32)16-18-31(26,8)28(24)15-17-30(25,27)7/h15,19,21-22,24-27,29H,3,9-14,16-18H2,1-2,4-8H3. The van der Waals surface area contributed by atoms with Gasteiger partial charge in [-0.1, -0.05) is 65.3 Å². The van der Waals surface area contributed by atoms with Crippen LogP contribution < -0.4 is 0 Å². The molecule has 2 nitrogen and oxygen atoms in total. The minimum Gasteiger partial charge on any atom is -0.462 e. The Kier molecular flexibility index (Phi) is 6.98. The predicted octanol–water partition coefficient (Wildman–Crippen LogP) is 8.37. The molecule has 9 atom stereocenters. The second-order valence-corrected chi connectivity index (χ2v) is 13.2. The van der Waals surface area contributed by atoms with E-state index in [0.29, 0.717) is 28.6 Å². The maximum atomic E-state index is 11.6. The Hall–Kier alpha value is -1.05. The molecule has 0 aromatic carbocycles. The van der Waals surface area contributed by atoms with Gasteiger partial charge in [0.15, 0.2) is 0 Å². The normalized spacial score (nSPS) is 43.2. The van der Waals surface area contributed by atoms with Crippen molar-refractivity contribution >= 4 is 5.97 Å². The average Bonchev–Trinajstić information content (AvgIpc) is 3.11. The first kappa shape index (κ1) is 25.1. The Morgan fingerprint density at radius 2 is 1.82 bits per heavy atom. The highest BCUT2D eigenvalue weighted by molar-refractivity contribution is 5.66. The van der Waals surface area contributed by atoms with Crippen LogP contribution in [0.15, 0.2) is 23.8 Å². The van der Waals surface area contributed by atoms with Gasteiger partial charge >= 0.3 is 5.97 Å². The number of carbonyl (C=O) groups excluding carboxylic acids is 1. The zero-order chi connectivity index (χ0) is 24.1. The SMILES string of the molecule is C=C(CCC(C)C1CCC2C3CCC4C(C)C(OC(C)=O)CCC4(C)C3=CCC12C)C(C)C. The first-order chi connectivity index (χ1) is 15.5. The number of hydrogen-bond donors (Lipinski definition) is 0. The minimum atomic E-state index is -0.111. The summed E-state index contributed by atoms with van der Waals surface area (Å²) in [7, 11) is 0. The van der Waals surface area contributed by atoms with Gasteiger partial charge in [-0.15, -0.1) is 0 Å². The Morgan fingerprint density at radius 3 is 2.48 bits per heavy atom. The van der Waals surface area contributed by atoms with Crippen molar-refractivity contribution in [3.8, 4) is 0 Å². The third kappa shape index (κ3) is 4.27. The van der Waals surface area contributed by atoms with E-state index in [-0.39, 0.29) is 12.1 Å². The van der Waals surface area contributed by atoms with Crippen LogP contribution in [0.2, 0.25) is 0 Å². The van der Waals surface area contributed by atoms with Gasteiger partial charge in [0.1, 0.15) is 6.10 Å². The molecule has 0 aromatic heterocycles. The predicted molar refractivity (Wildman–Crippen MR) is 138 cm³/mol. The van der Waals surface area contributed by atoms with Crippen LogP contribution in [0.1, 0.15) is 106 Å². The number of esters is 1. The van der Waals surface area contributed by atoms with E-state index in [4.69, 9.17) is 4.74 Å². The summed E-state index contributed by atoms with van der Waals surface area (Å²) in [6, 6.07) is 0. The molecule has 2 heteroatoms. The van der Waals surface area contributed by atoms with E-state index in [0.717, 1.165) is 30.1 Å². The van der Waals surface area contributed by atoms with Crippen molar-refractivity contribution in [3.05, 3.63) is 23.8 Å². The third-order valence-corrected chi connectivity index (χ3v) is 11.3. The summed E-state index contributed by atoms with van der Waals surface area (Å²) in [4.78, 5) is 11.6. The lowest BCUT2D eigenvalue weighted by Gasteiger charge is -2.59. The van der Waals surface area contributed by atoms with Crippen LogP contribution in [-0.2, 0) is 9.53 Å². The van der Waals surface area contributed by atoms with E-state index in [1.165, 1.54) is 56.9 Å². The number of fused-ring (bicyclic) bond motifs is 5. The first-order valence-corrected chi connectivity index (χ1v) is 14.0. The van der Waals surface area contributed by atoms with E-state index < -0.39 is 0 Å². The van der Waals surface area contributed by atoms with Crippen molar-refractivity contribution in [1.82, 2.24) is 0 Å². The molecule has 0 spiro atoms. The van der Waals surface area contributed by atoms with Gasteiger partial charge in [0.05, 0.1) is 0 Å². The van der Waals surface area contributed by atoms with Crippen LogP contribution in [0.4, 0.5) is 0 Å². The molecule has 0 amide bonds. The largest absolute Gasteiger partial charge is 0.462 e. The zero-order valence-electron chi connectivity index (χ0n) is 22.6. The summed E-state index contributed by atoms with van der Waals surface area (Å²) >= 11 is 0. The number of allylic oxidation sites excluding steroid dienone is 3. The second kappa shape index (κ2) is 9.19. The molecule has 9 unspecified atom stereocenters. The van der Waals surface area contributed by atoms with Gasteiger partial charge in [-0.25, -0.2) is 0 Å². The quantitative estimate of drug-likeness (QED) is 0.297. The molecule has 0 aliphatic heterocycles. The van der Waals surface area contributed by atoms with Gasteiger partial charge in [-0.3, -0.25) is 4.79 Å². The Labute approximate surface area is 204 Å². The molecule has 186 valence electrons. The summed E-state index contributed by atoms with van der Waals surface area (Å²) in [5.41, 5.74) is 4.00. The van der Waals surface area contributed by atoms with Crippen molar-refractivity contribution in [2.45, 2.75) is 112 Å². The average molecular weight is 455 g/mol. The van der Waals surface area contributed by atoms with Gasteiger partial charge < -0.3 is 4.74 Å². The summed E-state index contributed by atoms with van der Waals surface area (Å²) in [5.74, 6) is 4.90. The van der Waals surface area contributed by atoms with Gasteiger partial charge in [-0.05, 0) is 110 Å². The van der Waals surface area contributed by atoms with Gasteiger partial charge in [0, 0.05) is 6.92 Å². The molecule has 4 aliphatic rings. The monoisotopic (exact) mass is 454 g/mol. The maximum absolute atomic E-state index is 11.6. The van der Waals surface area contributed by atoms with Crippen molar-refractivity contribution in [3.63, 3.8) is 0 Å². The van der Waals surface area contributed by atoms with Gasteiger partial charge in [0.25, 0.3) is 0 Å².